The van der Waals surface area contributed by atoms with E-state index in [1.54, 1.807) is 0 Å². The molecule has 3 rings (SSSR count). The van der Waals surface area contributed by atoms with Crippen LogP contribution in [-0.2, 0) is 6.54 Å². The van der Waals surface area contributed by atoms with Gasteiger partial charge in [0, 0.05) is 30.8 Å². The van der Waals surface area contributed by atoms with Crippen LogP contribution in [0.1, 0.15) is 41.5 Å². The van der Waals surface area contributed by atoms with Gasteiger partial charge >= 0.3 is 0 Å². The smallest absolute Gasteiger partial charge is 0.133 e. The maximum absolute atomic E-state index is 5.13. The second-order valence-corrected chi connectivity index (χ2v) is 5.47. The van der Waals surface area contributed by atoms with Gasteiger partial charge in [-0.05, 0) is 38.8 Å². The van der Waals surface area contributed by atoms with E-state index in [2.05, 4.69) is 27.2 Å². The molecule has 1 atom stereocenters. The highest BCUT2D eigenvalue weighted by atomic mass is 16.5. The summed E-state index contributed by atoms with van der Waals surface area (Å²) < 4.78 is 5.13. The van der Waals surface area contributed by atoms with Crippen LogP contribution < -0.4 is 0 Å². The first-order chi connectivity index (χ1) is 9.22. The van der Waals surface area contributed by atoms with Gasteiger partial charge in [-0.15, -0.1) is 0 Å². The van der Waals surface area contributed by atoms with E-state index < -0.39 is 0 Å². The van der Waals surface area contributed by atoms with Crippen molar-refractivity contribution >= 4 is 0 Å². The number of hydrogen-bond acceptors (Lipinski definition) is 4. The van der Waals surface area contributed by atoms with Crippen LogP contribution in [0.25, 0.3) is 0 Å². The molecule has 2 aromatic heterocycles. The summed E-state index contributed by atoms with van der Waals surface area (Å²) in [5, 5.41) is 11.4. The van der Waals surface area contributed by atoms with E-state index in [1.807, 2.05) is 19.2 Å². The van der Waals surface area contributed by atoms with Gasteiger partial charge in [0.25, 0.3) is 0 Å². The molecule has 5 nitrogen and oxygen atoms in total. The molecule has 2 aromatic rings. The molecular weight excluding hydrogens is 240 g/mol. The maximum atomic E-state index is 5.13. The van der Waals surface area contributed by atoms with Crippen LogP contribution in [0.15, 0.2) is 16.8 Å². The summed E-state index contributed by atoms with van der Waals surface area (Å²) in [6.45, 7) is 7.13. The molecule has 1 saturated heterocycles. The molecular formula is C14H20N4O. The van der Waals surface area contributed by atoms with Crippen molar-refractivity contribution in [1.29, 1.82) is 0 Å². The molecule has 0 radical (unpaired) electrons. The minimum atomic E-state index is 0.559. The second-order valence-electron chi connectivity index (χ2n) is 5.47. The molecule has 1 unspecified atom stereocenters. The van der Waals surface area contributed by atoms with Gasteiger partial charge in [-0.25, -0.2) is 0 Å². The van der Waals surface area contributed by atoms with Crippen molar-refractivity contribution in [2.45, 2.75) is 39.2 Å². The number of hydrogen-bond donors (Lipinski definition) is 1. The average Bonchev–Trinajstić information content (AvgIpc) is 2.99. The first-order valence-corrected chi connectivity index (χ1v) is 6.87. The minimum Gasteiger partial charge on any atom is -0.361 e. The summed E-state index contributed by atoms with van der Waals surface area (Å²) in [5.74, 6) is 1.44. The lowest BCUT2D eigenvalue weighted by atomic mass is 9.93. The summed E-state index contributed by atoms with van der Waals surface area (Å²) in [6.07, 6.45) is 4.37. The lowest BCUT2D eigenvalue weighted by Crippen LogP contribution is -2.34. The average molecular weight is 260 g/mol. The van der Waals surface area contributed by atoms with Crippen LogP contribution in [0, 0.1) is 13.8 Å². The molecule has 0 spiro atoms. The number of nitrogens with zero attached hydrogens (tertiary/aromatic N) is 3. The Morgan fingerprint density at radius 2 is 2.37 bits per heavy atom. The normalized spacial score (nSPS) is 20.8. The van der Waals surface area contributed by atoms with Crippen LogP contribution in [0.2, 0.25) is 0 Å². The molecule has 1 fully saturated rings. The van der Waals surface area contributed by atoms with Crippen molar-refractivity contribution in [3.8, 4) is 0 Å². The summed E-state index contributed by atoms with van der Waals surface area (Å²) in [6, 6.07) is 2.02. The van der Waals surface area contributed by atoms with E-state index in [4.69, 9.17) is 4.52 Å². The monoisotopic (exact) mass is 260 g/mol. The standard InChI is InChI=1S/C14H20N4O/c1-10-7-15-16-14(10)12-4-3-5-18(8-12)9-13-6-11(2)19-17-13/h6-7,12H,3-5,8-9H2,1-2H3,(H,15,16). The Kier molecular flexibility index (Phi) is 3.38. The number of rotatable bonds is 3. The zero-order valence-corrected chi connectivity index (χ0v) is 11.5. The van der Waals surface area contributed by atoms with E-state index in [0.717, 1.165) is 31.1 Å². The fraction of sp³-hybridized carbons (Fsp3) is 0.571. The van der Waals surface area contributed by atoms with E-state index in [0.29, 0.717) is 5.92 Å². The largest absolute Gasteiger partial charge is 0.361 e. The second kappa shape index (κ2) is 5.17. The maximum Gasteiger partial charge on any atom is 0.133 e. The molecule has 1 aliphatic heterocycles. The first-order valence-electron chi connectivity index (χ1n) is 6.87. The Morgan fingerprint density at radius 3 is 3.05 bits per heavy atom. The van der Waals surface area contributed by atoms with Crippen LogP contribution in [0.5, 0.6) is 0 Å². The molecule has 0 aliphatic carbocycles. The Hall–Kier alpha value is -1.62. The van der Waals surface area contributed by atoms with Crippen molar-refractivity contribution in [1.82, 2.24) is 20.3 Å². The van der Waals surface area contributed by atoms with Crippen molar-refractivity contribution in [2.75, 3.05) is 13.1 Å². The lowest BCUT2D eigenvalue weighted by molar-refractivity contribution is 0.193. The predicted molar refractivity (Wildman–Crippen MR) is 71.8 cm³/mol. The molecule has 5 heteroatoms. The molecule has 1 aliphatic rings. The van der Waals surface area contributed by atoms with Crippen molar-refractivity contribution in [3.63, 3.8) is 0 Å². The third-order valence-electron chi connectivity index (χ3n) is 3.84. The third kappa shape index (κ3) is 2.71. The lowest BCUT2D eigenvalue weighted by Gasteiger charge is -2.31. The molecule has 0 amide bonds. The van der Waals surface area contributed by atoms with Crippen molar-refractivity contribution in [3.05, 3.63) is 35.0 Å². The van der Waals surface area contributed by atoms with Crippen LogP contribution in [-0.4, -0.2) is 33.3 Å². The molecule has 0 aromatic carbocycles. The highest BCUT2D eigenvalue weighted by Crippen LogP contribution is 2.28. The topological polar surface area (TPSA) is 58.0 Å². The number of aromatic nitrogens is 3. The Morgan fingerprint density at radius 1 is 1.47 bits per heavy atom. The van der Waals surface area contributed by atoms with Gasteiger partial charge in [0.05, 0.1) is 11.9 Å². The van der Waals surface area contributed by atoms with Gasteiger partial charge in [-0.1, -0.05) is 5.16 Å². The van der Waals surface area contributed by atoms with E-state index in [1.165, 1.54) is 24.1 Å². The number of likely N-dealkylation sites (tertiary alicyclic amines) is 1. The summed E-state index contributed by atoms with van der Waals surface area (Å²) >= 11 is 0. The Bertz CT molecular complexity index is 545. The summed E-state index contributed by atoms with van der Waals surface area (Å²) in [4.78, 5) is 2.45. The van der Waals surface area contributed by atoms with Gasteiger partial charge in [-0.3, -0.25) is 10.00 Å². The molecule has 0 saturated carbocycles. The molecule has 3 heterocycles. The first kappa shape index (κ1) is 12.4. The van der Waals surface area contributed by atoms with E-state index in [-0.39, 0.29) is 0 Å². The number of piperidine rings is 1. The zero-order valence-electron chi connectivity index (χ0n) is 11.5. The van der Waals surface area contributed by atoms with Gasteiger partial charge in [0.15, 0.2) is 0 Å². The van der Waals surface area contributed by atoms with Crippen LogP contribution in [0.3, 0.4) is 0 Å². The number of aryl methyl sites for hydroxylation is 2. The zero-order chi connectivity index (χ0) is 13.2. The van der Waals surface area contributed by atoms with Crippen LogP contribution in [0.4, 0.5) is 0 Å². The van der Waals surface area contributed by atoms with Crippen LogP contribution >= 0.6 is 0 Å². The van der Waals surface area contributed by atoms with E-state index in [9.17, 15) is 0 Å². The molecule has 102 valence electrons. The summed E-state index contributed by atoms with van der Waals surface area (Å²) in [7, 11) is 0. The fourth-order valence-corrected chi connectivity index (χ4v) is 2.93. The van der Waals surface area contributed by atoms with Gasteiger partial charge in [-0.2, -0.15) is 5.10 Å². The van der Waals surface area contributed by atoms with Gasteiger partial charge < -0.3 is 4.52 Å². The fourth-order valence-electron chi connectivity index (χ4n) is 2.93. The molecule has 1 N–H and O–H groups in total. The Balaban J connectivity index is 1.66. The summed E-state index contributed by atoms with van der Waals surface area (Å²) in [5.41, 5.74) is 3.59. The molecule has 19 heavy (non-hydrogen) atoms. The SMILES string of the molecule is Cc1cc(CN2CCCC(c3[nH]ncc3C)C2)no1. The van der Waals surface area contributed by atoms with Gasteiger partial charge in [0.1, 0.15) is 5.76 Å². The Labute approximate surface area is 113 Å². The van der Waals surface area contributed by atoms with Crippen molar-refractivity contribution in [2.24, 2.45) is 0 Å². The molecule has 0 bridgehead atoms. The minimum absolute atomic E-state index is 0.559. The predicted octanol–water partition coefficient (Wildman–Crippen LogP) is 2.39. The number of nitrogens with one attached hydrogen (secondary N) is 1. The van der Waals surface area contributed by atoms with Gasteiger partial charge in [0.2, 0.25) is 0 Å². The highest BCUT2D eigenvalue weighted by molar-refractivity contribution is 5.19. The quantitative estimate of drug-likeness (QED) is 0.920. The van der Waals surface area contributed by atoms with Crippen molar-refractivity contribution < 1.29 is 4.52 Å². The number of H-pyrrole nitrogens is 1. The van der Waals surface area contributed by atoms with E-state index >= 15 is 0 Å². The number of aromatic amines is 1. The highest BCUT2D eigenvalue weighted by Gasteiger charge is 2.24. The third-order valence-corrected chi connectivity index (χ3v) is 3.84.